The predicted molar refractivity (Wildman–Crippen MR) is 70.6 cm³/mol. The lowest BCUT2D eigenvalue weighted by Crippen LogP contribution is -2.10. The summed E-state index contributed by atoms with van der Waals surface area (Å²) in [6.07, 6.45) is 0.988. The molecule has 0 saturated carbocycles. The monoisotopic (exact) mass is 243 g/mol. The van der Waals surface area contributed by atoms with Crippen molar-refractivity contribution in [2.45, 2.75) is 18.9 Å². The average molecular weight is 243 g/mol. The summed E-state index contributed by atoms with van der Waals surface area (Å²) in [5, 5.41) is 10.4. The molecule has 0 aliphatic carbocycles. The van der Waals surface area contributed by atoms with Crippen LogP contribution in [0.15, 0.2) is 48.7 Å². The molecule has 0 saturated heterocycles. The molecule has 1 heterocycles. The van der Waals surface area contributed by atoms with E-state index in [0.29, 0.717) is 11.4 Å². The Hall–Kier alpha value is -1.87. The number of aromatic nitrogens is 1. The van der Waals surface area contributed by atoms with Crippen molar-refractivity contribution in [2.24, 2.45) is 0 Å². The van der Waals surface area contributed by atoms with Crippen LogP contribution >= 0.6 is 0 Å². The number of rotatable bonds is 4. The van der Waals surface area contributed by atoms with E-state index >= 15 is 0 Å². The molecule has 94 valence electrons. The summed E-state index contributed by atoms with van der Waals surface area (Å²) in [6.45, 7) is 1.98. The van der Waals surface area contributed by atoms with Crippen LogP contribution in [0, 0.1) is 0 Å². The first kappa shape index (κ1) is 12.6. The SMILES string of the molecule is COc1cccnc1C(O)C(C)c1ccccc1. The molecule has 3 heteroatoms. The molecule has 0 spiro atoms. The van der Waals surface area contributed by atoms with Crippen LogP contribution in [0.4, 0.5) is 0 Å². The summed E-state index contributed by atoms with van der Waals surface area (Å²) < 4.78 is 5.23. The maximum atomic E-state index is 10.4. The van der Waals surface area contributed by atoms with Gasteiger partial charge in [-0.05, 0) is 17.7 Å². The zero-order valence-electron chi connectivity index (χ0n) is 10.6. The number of hydrogen-bond donors (Lipinski definition) is 1. The molecule has 2 aromatic rings. The Labute approximate surface area is 107 Å². The van der Waals surface area contributed by atoms with Gasteiger partial charge in [-0.1, -0.05) is 37.3 Å². The Morgan fingerprint density at radius 2 is 1.83 bits per heavy atom. The Morgan fingerprint density at radius 1 is 1.11 bits per heavy atom. The van der Waals surface area contributed by atoms with Gasteiger partial charge in [0, 0.05) is 12.1 Å². The van der Waals surface area contributed by atoms with E-state index in [1.165, 1.54) is 0 Å². The lowest BCUT2D eigenvalue weighted by atomic mass is 9.93. The number of hydrogen-bond acceptors (Lipinski definition) is 3. The van der Waals surface area contributed by atoms with Crippen LogP contribution in [0.2, 0.25) is 0 Å². The number of benzene rings is 1. The lowest BCUT2D eigenvalue weighted by Gasteiger charge is -2.20. The average Bonchev–Trinajstić information content (AvgIpc) is 2.46. The van der Waals surface area contributed by atoms with E-state index in [9.17, 15) is 5.11 Å². The summed E-state index contributed by atoms with van der Waals surface area (Å²) in [6, 6.07) is 13.5. The van der Waals surface area contributed by atoms with Gasteiger partial charge in [0.15, 0.2) is 0 Å². The van der Waals surface area contributed by atoms with Crippen LogP contribution < -0.4 is 4.74 Å². The van der Waals surface area contributed by atoms with Crippen LogP contribution in [-0.4, -0.2) is 17.2 Å². The molecule has 0 fully saturated rings. The van der Waals surface area contributed by atoms with E-state index in [0.717, 1.165) is 5.56 Å². The highest BCUT2D eigenvalue weighted by molar-refractivity contribution is 5.32. The van der Waals surface area contributed by atoms with E-state index in [1.807, 2.05) is 43.3 Å². The Bertz CT molecular complexity index is 499. The van der Waals surface area contributed by atoms with Crippen molar-refractivity contribution in [3.63, 3.8) is 0 Å². The first-order valence-corrected chi connectivity index (χ1v) is 5.96. The Morgan fingerprint density at radius 3 is 2.50 bits per heavy atom. The van der Waals surface area contributed by atoms with Gasteiger partial charge in [-0.2, -0.15) is 0 Å². The maximum absolute atomic E-state index is 10.4. The van der Waals surface area contributed by atoms with Gasteiger partial charge in [-0.3, -0.25) is 4.98 Å². The molecule has 1 N–H and O–H groups in total. The number of methoxy groups -OCH3 is 1. The maximum Gasteiger partial charge on any atom is 0.143 e. The third-order valence-corrected chi connectivity index (χ3v) is 3.10. The highest BCUT2D eigenvalue weighted by atomic mass is 16.5. The first-order valence-electron chi connectivity index (χ1n) is 5.96. The lowest BCUT2D eigenvalue weighted by molar-refractivity contribution is 0.143. The third kappa shape index (κ3) is 2.51. The van der Waals surface area contributed by atoms with E-state index in [-0.39, 0.29) is 5.92 Å². The largest absolute Gasteiger partial charge is 0.495 e. The molecular weight excluding hydrogens is 226 g/mol. The fourth-order valence-corrected chi connectivity index (χ4v) is 1.97. The van der Waals surface area contributed by atoms with E-state index in [1.54, 1.807) is 19.4 Å². The first-order chi connectivity index (χ1) is 8.74. The summed E-state index contributed by atoms with van der Waals surface area (Å²) in [7, 11) is 1.58. The summed E-state index contributed by atoms with van der Waals surface area (Å²) >= 11 is 0. The quantitative estimate of drug-likeness (QED) is 0.897. The molecule has 3 nitrogen and oxygen atoms in total. The summed E-state index contributed by atoms with van der Waals surface area (Å²) in [5.74, 6) is 0.586. The second kappa shape index (κ2) is 5.65. The van der Waals surface area contributed by atoms with Crippen LogP contribution in [0.3, 0.4) is 0 Å². The molecule has 0 aliphatic rings. The molecule has 1 aromatic heterocycles. The van der Waals surface area contributed by atoms with Gasteiger partial charge < -0.3 is 9.84 Å². The molecule has 0 bridgehead atoms. The van der Waals surface area contributed by atoms with Crippen molar-refractivity contribution in [2.75, 3.05) is 7.11 Å². The van der Waals surface area contributed by atoms with E-state index in [4.69, 9.17) is 4.74 Å². The molecule has 1 aromatic carbocycles. The van der Waals surface area contributed by atoms with Gasteiger partial charge in [0.05, 0.1) is 7.11 Å². The van der Waals surface area contributed by atoms with Gasteiger partial charge in [-0.15, -0.1) is 0 Å². The zero-order valence-corrected chi connectivity index (χ0v) is 10.6. The standard InChI is InChI=1S/C15H17NO2/c1-11(12-7-4-3-5-8-12)15(17)14-13(18-2)9-6-10-16-14/h3-11,15,17H,1-2H3. The van der Waals surface area contributed by atoms with Gasteiger partial charge in [0.2, 0.25) is 0 Å². The highest BCUT2D eigenvalue weighted by Gasteiger charge is 2.22. The minimum absolute atomic E-state index is 0.0324. The predicted octanol–water partition coefficient (Wildman–Crippen LogP) is 2.93. The number of aliphatic hydroxyl groups excluding tert-OH is 1. The molecule has 0 radical (unpaired) electrons. The van der Waals surface area contributed by atoms with Crippen LogP contribution in [0.25, 0.3) is 0 Å². The third-order valence-electron chi connectivity index (χ3n) is 3.10. The van der Waals surface area contributed by atoms with Crippen LogP contribution in [-0.2, 0) is 0 Å². The van der Waals surface area contributed by atoms with Crippen molar-refractivity contribution in [1.29, 1.82) is 0 Å². The van der Waals surface area contributed by atoms with Crippen molar-refractivity contribution >= 4 is 0 Å². The second-order valence-corrected chi connectivity index (χ2v) is 4.24. The molecule has 2 unspecified atom stereocenters. The minimum atomic E-state index is -0.677. The molecule has 2 atom stereocenters. The van der Waals surface area contributed by atoms with E-state index < -0.39 is 6.10 Å². The number of pyridine rings is 1. The normalized spacial score (nSPS) is 13.9. The van der Waals surface area contributed by atoms with E-state index in [2.05, 4.69) is 4.98 Å². The summed E-state index contributed by atoms with van der Waals surface area (Å²) in [4.78, 5) is 4.22. The smallest absolute Gasteiger partial charge is 0.143 e. The van der Waals surface area contributed by atoms with Crippen LogP contribution in [0.5, 0.6) is 5.75 Å². The summed E-state index contributed by atoms with van der Waals surface area (Å²) in [5.41, 5.74) is 1.66. The molecule has 18 heavy (non-hydrogen) atoms. The van der Waals surface area contributed by atoms with Crippen molar-refractivity contribution < 1.29 is 9.84 Å². The van der Waals surface area contributed by atoms with Crippen molar-refractivity contribution in [3.8, 4) is 5.75 Å². The topological polar surface area (TPSA) is 42.4 Å². The van der Waals surface area contributed by atoms with Crippen molar-refractivity contribution in [1.82, 2.24) is 4.98 Å². The van der Waals surface area contributed by atoms with Gasteiger partial charge in [0.1, 0.15) is 17.5 Å². The fourth-order valence-electron chi connectivity index (χ4n) is 1.97. The zero-order chi connectivity index (χ0) is 13.0. The highest BCUT2D eigenvalue weighted by Crippen LogP contribution is 2.33. The second-order valence-electron chi connectivity index (χ2n) is 4.24. The number of ether oxygens (including phenoxy) is 1. The molecule has 2 rings (SSSR count). The Balaban J connectivity index is 2.28. The van der Waals surface area contributed by atoms with Gasteiger partial charge in [0.25, 0.3) is 0 Å². The molecular formula is C15H17NO2. The molecule has 0 amide bonds. The minimum Gasteiger partial charge on any atom is -0.495 e. The van der Waals surface area contributed by atoms with Crippen molar-refractivity contribution in [3.05, 3.63) is 59.9 Å². The number of nitrogens with zero attached hydrogens (tertiary/aromatic N) is 1. The van der Waals surface area contributed by atoms with Gasteiger partial charge >= 0.3 is 0 Å². The fraction of sp³-hybridized carbons (Fsp3) is 0.267. The van der Waals surface area contributed by atoms with Gasteiger partial charge in [-0.25, -0.2) is 0 Å². The number of aliphatic hydroxyl groups is 1. The van der Waals surface area contributed by atoms with Crippen LogP contribution in [0.1, 0.15) is 30.2 Å². The molecule has 0 aliphatic heterocycles. The Kier molecular flexibility index (Phi) is 3.95.